The maximum absolute atomic E-state index is 11.7. The minimum absolute atomic E-state index is 0.106. The average Bonchev–Trinajstić information content (AvgIpc) is 2.99. The zero-order valence-electron chi connectivity index (χ0n) is 10.9. The quantitative estimate of drug-likeness (QED) is 0.825. The molecule has 1 atom stereocenters. The molecule has 1 amide bonds. The van der Waals surface area contributed by atoms with Crippen molar-refractivity contribution in [2.75, 3.05) is 13.1 Å². The SMILES string of the molecule is CC(C)CCNC(=O)c1noc(C2CCCN2)n1. The van der Waals surface area contributed by atoms with Gasteiger partial charge in [-0.15, -0.1) is 0 Å². The summed E-state index contributed by atoms with van der Waals surface area (Å²) in [6, 6.07) is 0.106. The van der Waals surface area contributed by atoms with Gasteiger partial charge < -0.3 is 15.2 Å². The van der Waals surface area contributed by atoms with Crippen molar-refractivity contribution in [1.29, 1.82) is 0 Å². The second kappa shape index (κ2) is 5.95. The van der Waals surface area contributed by atoms with Gasteiger partial charge in [0, 0.05) is 6.54 Å². The zero-order chi connectivity index (χ0) is 13.0. The number of aromatic nitrogens is 2. The first-order valence-electron chi connectivity index (χ1n) is 6.52. The van der Waals surface area contributed by atoms with Gasteiger partial charge in [0.05, 0.1) is 6.04 Å². The molecule has 1 saturated heterocycles. The monoisotopic (exact) mass is 252 g/mol. The largest absolute Gasteiger partial charge is 0.349 e. The van der Waals surface area contributed by atoms with Gasteiger partial charge in [0.25, 0.3) is 11.7 Å². The topological polar surface area (TPSA) is 80.0 Å². The number of carbonyl (C=O) groups is 1. The molecule has 1 aromatic heterocycles. The van der Waals surface area contributed by atoms with Gasteiger partial charge in [0.1, 0.15) is 0 Å². The molecule has 0 aromatic carbocycles. The fourth-order valence-electron chi connectivity index (χ4n) is 1.92. The molecule has 0 spiro atoms. The van der Waals surface area contributed by atoms with Crippen LogP contribution < -0.4 is 10.6 Å². The van der Waals surface area contributed by atoms with E-state index in [4.69, 9.17) is 4.52 Å². The summed E-state index contributed by atoms with van der Waals surface area (Å²) >= 11 is 0. The van der Waals surface area contributed by atoms with Crippen LogP contribution in [0.1, 0.15) is 55.7 Å². The minimum atomic E-state index is -0.261. The predicted octanol–water partition coefficient (Wildman–Crippen LogP) is 1.27. The standard InChI is InChI=1S/C12H20N4O2/c1-8(2)5-7-14-11(17)10-15-12(18-16-10)9-4-3-6-13-9/h8-9,13H,3-7H2,1-2H3,(H,14,17). The van der Waals surface area contributed by atoms with E-state index in [1.54, 1.807) is 0 Å². The first-order valence-corrected chi connectivity index (χ1v) is 6.52. The molecule has 6 nitrogen and oxygen atoms in total. The summed E-state index contributed by atoms with van der Waals surface area (Å²) in [5.41, 5.74) is 0. The van der Waals surface area contributed by atoms with E-state index < -0.39 is 0 Å². The third kappa shape index (κ3) is 3.29. The van der Waals surface area contributed by atoms with Crippen LogP contribution in [0, 0.1) is 5.92 Å². The molecule has 1 aliphatic rings. The van der Waals surface area contributed by atoms with Crippen LogP contribution in [0.3, 0.4) is 0 Å². The van der Waals surface area contributed by atoms with Crippen molar-refractivity contribution in [2.45, 2.75) is 39.2 Å². The molecule has 2 heterocycles. The van der Waals surface area contributed by atoms with Crippen LogP contribution in [0.5, 0.6) is 0 Å². The zero-order valence-corrected chi connectivity index (χ0v) is 10.9. The van der Waals surface area contributed by atoms with E-state index in [2.05, 4.69) is 34.6 Å². The Morgan fingerprint density at radius 2 is 2.44 bits per heavy atom. The first-order chi connectivity index (χ1) is 8.66. The molecule has 1 aliphatic heterocycles. The highest BCUT2D eigenvalue weighted by molar-refractivity contribution is 5.90. The minimum Gasteiger partial charge on any atom is -0.349 e. The van der Waals surface area contributed by atoms with Crippen molar-refractivity contribution < 1.29 is 9.32 Å². The highest BCUT2D eigenvalue weighted by Crippen LogP contribution is 2.20. The van der Waals surface area contributed by atoms with E-state index >= 15 is 0 Å². The van der Waals surface area contributed by atoms with Gasteiger partial charge in [-0.1, -0.05) is 19.0 Å². The lowest BCUT2D eigenvalue weighted by Crippen LogP contribution is -2.26. The Hall–Kier alpha value is -1.43. The van der Waals surface area contributed by atoms with Crippen molar-refractivity contribution in [3.05, 3.63) is 11.7 Å². The molecule has 0 bridgehead atoms. The van der Waals surface area contributed by atoms with Crippen LogP contribution in [0.25, 0.3) is 0 Å². The van der Waals surface area contributed by atoms with Crippen molar-refractivity contribution in [2.24, 2.45) is 5.92 Å². The highest BCUT2D eigenvalue weighted by atomic mass is 16.5. The number of nitrogens with one attached hydrogen (secondary N) is 2. The third-order valence-electron chi connectivity index (χ3n) is 3.01. The van der Waals surface area contributed by atoms with Gasteiger partial charge in [-0.3, -0.25) is 4.79 Å². The van der Waals surface area contributed by atoms with Crippen molar-refractivity contribution in [3.8, 4) is 0 Å². The Bertz CT molecular complexity index is 397. The number of nitrogens with zero attached hydrogens (tertiary/aromatic N) is 2. The van der Waals surface area contributed by atoms with E-state index in [9.17, 15) is 4.79 Å². The number of hydrogen-bond acceptors (Lipinski definition) is 5. The number of amides is 1. The molecule has 2 rings (SSSR count). The second-order valence-electron chi connectivity index (χ2n) is 5.04. The Balaban J connectivity index is 1.86. The van der Waals surface area contributed by atoms with E-state index in [0.717, 1.165) is 25.8 Å². The van der Waals surface area contributed by atoms with Crippen LogP contribution in [-0.2, 0) is 0 Å². The highest BCUT2D eigenvalue weighted by Gasteiger charge is 2.24. The molecule has 100 valence electrons. The normalized spacial score (nSPS) is 19.4. The van der Waals surface area contributed by atoms with Gasteiger partial charge in [0.15, 0.2) is 0 Å². The third-order valence-corrected chi connectivity index (χ3v) is 3.01. The van der Waals surface area contributed by atoms with Gasteiger partial charge in [0.2, 0.25) is 5.89 Å². The Morgan fingerprint density at radius 3 is 3.11 bits per heavy atom. The maximum atomic E-state index is 11.7. The summed E-state index contributed by atoms with van der Waals surface area (Å²) in [5.74, 6) is 0.946. The van der Waals surface area contributed by atoms with Gasteiger partial charge in [-0.2, -0.15) is 4.98 Å². The smallest absolute Gasteiger partial charge is 0.292 e. The van der Waals surface area contributed by atoms with E-state index in [1.807, 2.05) is 0 Å². The lowest BCUT2D eigenvalue weighted by atomic mass is 10.1. The van der Waals surface area contributed by atoms with Crippen LogP contribution >= 0.6 is 0 Å². The molecule has 1 fully saturated rings. The maximum Gasteiger partial charge on any atom is 0.292 e. The molecular formula is C12H20N4O2. The van der Waals surface area contributed by atoms with Crippen molar-refractivity contribution in [3.63, 3.8) is 0 Å². The Kier molecular flexibility index (Phi) is 4.30. The van der Waals surface area contributed by atoms with Crippen LogP contribution in [-0.4, -0.2) is 29.1 Å². The molecule has 1 unspecified atom stereocenters. The summed E-state index contributed by atoms with van der Waals surface area (Å²) in [6.45, 7) is 5.83. The number of rotatable bonds is 5. The predicted molar refractivity (Wildman–Crippen MR) is 66.1 cm³/mol. The summed E-state index contributed by atoms with van der Waals surface area (Å²) in [5, 5.41) is 9.77. The van der Waals surface area contributed by atoms with Crippen LogP contribution in [0.4, 0.5) is 0 Å². The summed E-state index contributed by atoms with van der Waals surface area (Å²) in [7, 11) is 0. The van der Waals surface area contributed by atoms with E-state index in [-0.39, 0.29) is 17.8 Å². The van der Waals surface area contributed by atoms with Gasteiger partial charge in [-0.25, -0.2) is 0 Å². The molecule has 0 radical (unpaired) electrons. The molecule has 0 saturated carbocycles. The van der Waals surface area contributed by atoms with Crippen molar-refractivity contribution >= 4 is 5.91 Å². The second-order valence-corrected chi connectivity index (χ2v) is 5.04. The first kappa shape index (κ1) is 13.0. The fourth-order valence-corrected chi connectivity index (χ4v) is 1.92. The fraction of sp³-hybridized carbons (Fsp3) is 0.750. The molecule has 1 aromatic rings. The average molecular weight is 252 g/mol. The Labute approximate surface area is 107 Å². The summed E-state index contributed by atoms with van der Waals surface area (Å²) in [4.78, 5) is 15.9. The molecular weight excluding hydrogens is 232 g/mol. The van der Waals surface area contributed by atoms with E-state index in [1.165, 1.54) is 0 Å². The lowest BCUT2D eigenvalue weighted by molar-refractivity contribution is 0.0938. The summed E-state index contributed by atoms with van der Waals surface area (Å²) in [6.07, 6.45) is 3.03. The summed E-state index contributed by atoms with van der Waals surface area (Å²) < 4.78 is 5.11. The number of hydrogen-bond donors (Lipinski definition) is 2. The lowest BCUT2D eigenvalue weighted by Gasteiger charge is -2.04. The van der Waals surface area contributed by atoms with Crippen molar-refractivity contribution in [1.82, 2.24) is 20.8 Å². The number of carbonyl (C=O) groups excluding carboxylic acids is 1. The van der Waals surface area contributed by atoms with Crippen LogP contribution in [0.15, 0.2) is 4.52 Å². The molecule has 6 heteroatoms. The molecule has 2 N–H and O–H groups in total. The van der Waals surface area contributed by atoms with E-state index in [0.29, 0.717) is 18.4 Å². The van der Waals surface area contributed by atoms with Gasteiger partial charge >= 0.3 is 0 Å². The molecule has 18 heavy (non-hydrogen) atoms. The van der Waals surface area contributed by atoms with Gasteiger partial charge in [-0.05, 0) is 31.7 Å². The van der Waals surface area contributed by atoms with Crippen LogP contribution in [0.2, 0.25) is 0 Å². The molecule has 0 aliphatic carbocycles. The Morgan fingerprint density at radius 1 is 1.61 bits per heavy atom.